The number of nitrogens with zero attached hydrogens (tertiary/aromatic N) is 5. The molecule has 0 unspecified atom stereocenters. The molecule has 0 aliphatic heterocycles. The molecule has 8 heteroatoms. The average molecular weight is 442 g/mol. The van der Waals surface area contributed by atoms with Gasteiger partial charge in [-0.15, -0.1) is 0 Å². The van der Waals surface area contributed by atoms with Crippen molar-refractivity contribution in [2.75, 3.05) is 28.6 Å². The van der Waals surface area contributed by atoms with E-state index in [-0.39, 0.29) is 5.91 Å². The topological polar surface area (TPSA) is 88.0 Å². The Morgan fingerprint density at radius 3 is 2.42 bits per heavy atom. The highest BCUT2D eigenvalue weighted by Gasteiger charge is 2.10. The van der Waals surface area contributed by atoms with Gasteiger partial charge < -0.3 is 15.5 Å². The number of benzene rings is 2. The Labute approximate surface area is 193 Å². The molecule has 1 amide bonds. The van der Waals surface area contributed by atoms with E-state index in [1.54, 1.807) is 23.0 Å². The van der Waals surface area contributed by atoms with Crippen LogP contribution in [0.4, 0.5) is 23.1 Å². The molecule has 2 aromatic heterocycles. The van der Waals surface area contributed by atoms with E-state index in [4.69, 9.17) is 0 Å². The van der Waals surface area contributed by atoms with Gasteiger partial charge in [0.1, 0.15) is 5.82 Å². The molecule has 0 saturated heterocycles. The third-order valence-corrected chi connectivity index (χ3v) is 5.20. The maximum absolute atomic E-state index is 12.7. The van der Waals surface area contributed by atoms with Gasteiger partial charge in [0.25, 0.3) is 5.91 Å². The second kappa shape index (κ2) is 9.95. The number of hydrogen-bond donors (Lipinski definition) is 2. The van der Waals surface area contributed by atoms with E-state index in [0.717, 1.165) is 36.0 Å². The summed E-state index contributed by atoms with van der Waals surface area (Å²) in [5.74, 6) is 1.26. The van der Waals surface area contributed by atoms with Crippen LogP contribution in [0.3, 0.4) is 0 Å². The van der Waals surface area contributed by atoms with Gasteiger partial charge in [-0.05, 0) is 69.3 Å². The van der Waals surface area contributed by atoms with E-state index in [2.05, 4.69) is 44.4 Å². The molecule has 0 fully saturated rings. The molecule has 0 radical (unpaired) electrons. The third-order valence-electron chi connectivity index (χ3n) is 5.20. The first-order valence-corrected chi connectivity index (χ1v) is 10.9. The zero-order chi connectivity index (χ0) is 23.2. The molecule has 8 nitrogen and oxygen atoms in total. The highest BCUT2D eigenvalue weighted by atomic mass is 16.1. The maximum Gasteiger partial charge on any atom is 0.255 e. The van der Waals surface area contributed by atoms with Crippen LogP contribution < -0.4 is 15.5 Å². The second-order valence-corrected chi connectivity index (χ2v) is 7.52. The lowest BCUT2D eigenvalue weighted by Gasteiger charge is -2.20. The van der Waals surface area contributed by atoms with Crippen molar-refractivity contribution in [2.24, 2.45) is 0 Å². The van der Waals surface area contributed by atoms with Crippen LogP contribution in [0.5, 0.6) is 0 Å². The Morgan fingerprint density at radius 1 is 0.970 bits per heavy atom. The molecule has 0 spiro atoms. The molecule has 0 aliphatic rings. The highest BCUT2D eigenvalue weighted by molar-refractivity contribution is 6.04. The number of amides is 1. The molecular weight excluding hydrogens is 414 g/mol. The van der Waals surface area contributed by atoms with Crippen LogP contribution in [0.1, 0.15) is 29.9 Å². The summed E-state index contributed by atoms with van der Waals surface area (Å²) in [7, 11) is 0. The summed E-state index contributed by atoms with van der Waals surface area (Å²) in [5.41, 5.74) is 3.82. The first-order valence-electron chi connectivity index (χ1n) is 10.9. The van der Waals surface area contributed by atoms with Gasteiger partial charge in [0, 0.05) is 54.2 Å². The number of rotatable bonds is 8. The zero-order valence-electron chi connectivity index (χ0n) is 19.0. The van der Waals surface area contributed by atoms with Crippen molar-refractivity contribution >= 4 is 29.0 Å². The molecule has 168 valence electrons. The molecule has 33 heavy (non-hydrogen) atoms. The van der Waals surface area contributed by atoms with Crippen LogP contribution in [0.25, 0.3) is 5.69 Å². The van der Waals surface area contributed by atoms with E-state index >= 15 is 0 Å². The van der Waals surface area contributed by atoms with Crippen molar-refractivity contribution in [3.8, 4) is 5.69 Å². The Hall–Kier alpha value is -4.20. The van der Waals surface area contributed by atoms with Gasteiger partial charge in [-0.25, -0.2) is 9.67 Å². The Balaban J connectivity index is 1.44. The lowest BCUT2D eigenvalue weighted by atomic mass is 10.2. The molecule has 2 aromatic carbocycles. The van der Waals surface area contributed by atoms with Crippen molar-refractivity contribution in [3.63, 3.8) is 0 Å². The summed E-state index contributed by atoms with van der Waals surface area (Å²) < 4.78 is 1.72. The largest absolute Gasteiger partial charge is 0.357 e. The number of hydrogen-bond acceptors (Lipinski definition) is 6. The lowest BCUT2D eigenvalue weighted by molar-refractivity contribution is 0.102. The normalized spacial score (nSPS) is 10.6. The average Bonchev–Trinajstić information content (AvgIpc) is 3.36. The first kappa shape index (κ1) is 22.0. The summed E-state index contributed by atoms with van der Waals surface area (Å²) in [6.07, 6.45) is 3.54. The lowest BCUT2D eigenvalue weighted by Crippen LogP contribution is -2.23. The minimum atomic E-state index is -0.185. The smallest absolute Gasteiger partial charge is 0.255 e. The Kier molecular flexibility index (Phi) is 6.64. The summed E-state index contributed by atoms with van der Waals surface area (Å²) >= 11 is 0. The fourth-order valence-corrected chi connectivity index (χ4v) is 3.50. The monoisotopic (exact) mass is 441 g/mol. The number of anilines is 4. The maximum atomic E-state index is 12.7. The molecule has 0 bridgehead atoms. The van der Waals surface area contributed by atoms with Crippen molar-refractivity contribution in [3.05, 3.63) is 84.3 Å². The van der Waals surface area contributed by atoms with Crippen molar-refractivity contribution in [2.45, 2.75) is 20.8 Å². The summed E-state index contributed by atoms with van der Waals surface area (Å²) in [6.45, 7) is 7.93. The van der Waals surface area contributed by atoms with E-state index in [0.29, 0.717) is 17.2 Å². The van der Waals surface area contributed by atoms with Crippen molar-refractivity contribution in [1.82, 2.24) is 19.7 Å². The van der Waals surface area contributed by atoms with E-state index in [9.17, 15) is 4.79 Å². The van der Waals surface area contributed by atoms with Crippen LogP contribution in [-0.2, 0) is 0 Å². The van der Waals surface area contributed by atoms with Crippen LogP contribution in [0.15, 0.2) is 73.1 Å². The SMILES string of the molecule is CCN(CC)c1cc(C)nc(Nc2ccc(NC(=O)c3cccc(-n4cccn4)c3)cc2)n1. The van der Waals surface area contributed by atoms with Crippen LogP contribution in [-0.4, -0.2) is 38.7 Å². The highest BCUT2D eigenvalue weighted by Crippen LogP contribution is 2.20. The van der Waals surface area contributed by atoms with Crippen molar-refractivity contribution < 1.29 is 4.79 Å². The van der Waals surface area contributed by atoms with Crippen LogP contribution in [0, 0.1) is 6.92 Å². The molecule has 4 aromatic rings. The molecule has 2 N–H and O–H groups in total. The summed E-state index contributed by atoms with van der Waals surface area (Å²) in [6, 6.07) is 18.6. The predicted octanol–water partition coefficient (Wildman–Crippen LogP) is 4.81. The summed E-state index contributed by atoms with van der Waals surface area (Å²) in [5, 5.41) is 10.4. The van der Waals surface area contributed by atoms with E-state index in [1.165, 1.54) is 0 Å². The van der Waals surface area contributed by atoms with Gasteiger partial charge in [-0.3, -0.25) is 4.79 Å². The van der Waals surface area contributed by atoms with Crippen LogP contribution in [0.2, 0.25) is 0 Å². The fraction of sp³-hybridized carbons (Fsp3) is 0.200. The predicted molar refractivity (Wildman–Crippen MR) is 132 cm³/mol. The molecule has 0 atom stereocenters. The Morgan fingerprint density at radius 2 is 1.73 bits per heavy atom. The number of aryl methyl sites for hydroxylation is 1. The number of nitrogens with one attached hydrogen (secondary N) is 2. The summed E-state index contributed by atoms with van der Waals surface area (Å²) in [4.78, 5) is 24.0. The molecule has 2 heterocycles. The molecule has 0 saturated carbocycles. The molecular formula is C25H27N7O. The minimum Gasteiger partial charge on any atom is -0.357 e. The number of carbonyl (C=O) groups excluding carboxylic acids is 1. The fourth-order valence-electron chi connectivity index (χ4n) is 3.50. The number of carbonyl (C=O) groups is 1. The van der Waals surface area contributed by atoms with Crippen LogP contribution >= 0.6 is 0 Å². The van der Waals surface area contributed by atoms with Gasteiger partial charge in [-0.1, -0.05) is 6.07 Å². The second-order valence-electron chi connectivity index (χ2n) is 7.52. The van der Waals surface area contributed by atoms with Gasteiger partial charge in [0.2, 0.25) is 5.95 Å². The standard InChI is InChI=1S/C25H27N7O/c1-4-31(5-2)23-16-18(3)27-25(30-23)29-21-12-10-20(11-13-21)28-24(33)19-8-6-9-22(17-19)32-15-7-14-26-32/h6-17H,4-5H2,1-3H3,(H,28,33)(H,27,29,30). The number of aromatic nitrogens is 4. The van der Waals surface area contributed by atoms with Gasteiger partial charge >= 0.3 is 0 Å². The minimum absolute atomic E-state index is 0.185. The zero-order valence-corrected chi connectivity index (χ0v) is 19.0. The van der Waals surface area contributed by atoms with Gasteiger partial charge in [-0.2, -0.15) is 10.1 Å². The Bertz CT molecular complexity index is 1220. The van der Waals surface area contributed by atoms with Crippen molar-refractivity contribution in [1.29, 1.82) is 0 Å². The third kappa shape index (κ3) is 5.35. The van der Waals surface area contributed by atoms with E-state index < -0.39 is 0 Å². The quantitative estimate of drug-likeness (QED) is 0.408. The van der Waals surface area contributed by atoms with Gasteiger partial charge in [0.15, 0.2) is 0 Å². The molecule has 4 rings (SSSR count). The molecule has 0 aliphatic carbocycles. The first-order chi connectivity index (χ1) is 16.1. The van der Waals surface area contributed by atoms with Gasteiger partial charge in [0.05, 0.1) is 5.69 Å². The van der Waals surface area contributed by atoms with E-state index in [1.807, 2.05) is 61.7 Å².